The minimum absolute atomic E-state index is 0.0884. The number of carbonyl (C=O) groups excluding carboxylic acids is 1. The molecule has 1 saturated carbocycles. The first kappa shape index (κ1) is 16.6. The lowest BCUT2D eigenvalue weighted by Gasteiger charge is -2.34. The number of nitrogens with two attached hydrogens (primary N) is 1. The molecule has 0 bridgehead atoms. The Kier molecular flexibility index (Phi) is 5.53. The quantitative estimate of drug-likeness (QED) is 0.907. The average Bonchev–Trinajstić information content (AvgIpc) is 2.43. The minimum atomic E-state index is -0.318. The zero-order chi connectivity index (χ0) is 15.5. The van der Waals surface area contributed by atoms with Gasteiger partial charge < -0.3 is 10.6 Å². The Hall–Kier alpha value is -0.770. The highest BCUT2D eigenvalue weighted by Crippen LogP contribution is 2.29. The molecule has 1 aromatic carbocycles. The van der Waals surface area contributed by atoms with Crippen molar-refractivity contribution in [3.63, 3.8) is 0 Å². The van der Waals surface area contributed by atoms with Gasteiger partial charge >= 0.3 is 0 Å². The third-order valence-electron chi connectivity index (χ3n) is 4.18. The van der Waals surface area contributed by atoms with Crippen molar-refractivity contribution in [1.29, 1.82) is 0 Å². The second-order valence-electron chi connectivity index (χ2n) is 6.10. The van der Waals surface area contributed by atoms with Gasteiger partial charge in [0.15, 0.2) is 0 Å². The lowest BCUT2D eigenvalue weighted by atomic mass is 9.80. The molecule has 0 aromatic heterocycles. The highest BCUT2D eigenvalue weighted by molar-refractivity contribution is 6.42. The third-order valence-corrected chi connectivity index (χ3v) is 4.92. The van der Waals surface area contributed by atoms with Crippen LogP contribution in [0.4, 0.5) is 0 Å². The van der Waals surface area contributed by atoms with Gasteiger partial charge in [0.1, 0.15) is 0 Å². The summed E-state index contributed by atoms with van der Waals surface area (Å²) in [5.41, 5.74) is 7.00. The van der Waals surface area contributed by atoms with Gasteiger partial charge in [-0.1, -0.05) is 48.5 Å². The van der Waals surface area contributed by atoms with Crippen LogP contribution in [0.15, 0.2) is 18.2 Å². The third kappa shape index (κ3) is 4.60. The number of hydrogen-bond donors (Lipinski definition) is 1. The van der Waals surface area contributed by atoms with Gasteiger partial charge in [0.25, 0.3) is 0 Å². The molecule has 0 saturated heterocycles. The van der Waals surface area contributed by atoms with Crippen molar-refractivity contribution in [2.75, 3.05) is 7.05 Å². The Bertz CT molecular complexity index is 513. The van der Waals surface area contributed by atoms with Crippen LogP contribution < -0.4 is 5.73 Å². The summed E-state index contributed by atoms with van der Waals surface area (Å²) in [6.07, 6.45) is 5.79. The topological polar surface area (TPSA) is 46.3 Å². The fourth-order valence-corrected chi connectivity index (χ4v) is 3.19. The van der Waals surface area contributed by atoms with Crippen LogP contribution in [-0.2, 0) is 11.3 Å². The van der Waals surface area contributed by atoms with Gasteiger partial charge in [-0.3, -0.25) is 4.79 Å². The Balaban J connectivity index is 1.94. The summed E-state index contributed by atoms with van der Waals surface area (Å²) in [7, 11) is 1.80. The molecule has 1 aliphatic carbocycles. The van der Waals surface area contributed by atoms with Gasteiger partial charge in [-0.25, -0.2) is 0 Å². The molecule has 1 aromatic rings. The van der Waals surface area contributed by atoms with E-state index in [9.17, 15) is 4.79 Å². The van der Waals surface area contributed by atoms with Crippen LogP contribution >= 0.6 is 23.2 Å². The Morgan fingerprint density at radius 1 is 1.24 bits per heavy atom. The molecule has 0 aliphatic heterocycles. The average molecular weight is 329 g/mol. The minimum Gasteiger partial charge on any atom is -0.341 e. The zero-order valence-electron chi connectivity index (χ0n) is 12.4. The number of halogens is 2. The number of hydrogen-bond acceptors (Lipinski definition) is 2. The molecular formula is C16H22Cl2N2O. The molecule has 21 heavy (non-hydrogen) atoms. The number of amides is 1. The molecule has 1 amide bonds. The predicted octanol–water partition coefficient (Wildman–Crippen LogP) is 4.00. The number of benzene rings is 1. The van der Waals surface area contributed by atoms with E-state index in [1.165, 1.54) is 6.42 Å². The summed E-state index contributed by atoms with van der Waals surface area (Å²) in [5, 5.41) is 1.04. The summed E-state index contributed by atoms with van der Waals surface area (Å²) < 4.78 is 0. The molecule has 2 N–H and O–H groups in total. The van der Waals surface area contributed by atoms with E-state index in [-0.39, 0.29) is 11.4 Å². The molecular weight excluding hydrogens is 307 g/mol. The first-order valence-corrected chi connectivity index (χ1v) is 8.12. The standard InChI is InChI=1S/C16H22Cl2N2O/c1-20(11-12-5-6-13(17)14(18)9-12)15(21)10-16(19)7-3-2-4-8-16/h5-6,9H,2-4,7-8,10-11,19H2,1H3. The summed E-state index contributed by atoms with van der Waals surface area (Å²) in [6, 6.07) is 5.44. The fourth-order valence-electron chi connectivity index (χ4n) is 2.87. The first-order valence-electron chi connectivity index (χ1n) is 7.36. The van der Waals surface area contributed by atoms with Crippen LogP contribution in [0.1, 0.15) is 44.1 Å². The van der Waals surface area contributed by atoms with E-state index in [1.807, 2.05) is 6.07 Å². The van der Waals surface area contributed by atoms with Gasteiger partial charge in [-0.05, 0) is 30.5 Å². The van der Waals surface area contributed by atoms with E-state index in [0.717, 1.165) is 31.2 Å². The largest absolute Gasteiger partial charge is 0.341 e. The van der Waals surface area contributed by atoms with E-state index >= 15 is 0 Å². The predicted molar refractivity (Wildman–Crippen MR) is 87.6 cm³/mol. The van der Waals surface area contributed by atoms with Crippen LogP contribution in [0.5, 0.6) is 0 Å². The smallest absolute Gasteiger partial charge is 0.224 e. The molecule has 0 heterocycles. The second kappa shape index (κ2) is 6.99. The molecule has 3 nitrogen and oxygen atoms in total. The Labute approximate surface area is 136 Å². The Morgan fingerprint density at radius 2 is 1.90 bits per heavy atom. The van der Waals surface area contributed by atoms with Crippen molar-refractivity contribution in [2.24, 2.45) is 5.73 Å². The summed E-state index contributed by atoms with van der Waals surface area (Å²) >= 11 is 11.9. The van der Waals surface area contributed by atoms with E-state index in [2.05, 4.69) is 0 Å². The van der Waals surface area contributed by atoms with Crippen LogP contribution in [0.3, 0.4) is 0 Å². The molecule has 0 unspecified atom stereocenters. The van der Waals surface area contributed by atoms with Crippen molar-refractivity contribution < 1.29 is 4.79 Å². The fraction of sp³-hybridized carbons (Fsp3) is 0.562. The molecule has 1 aliphatic rings. The van der Waals surface area contributed by atoms with Crippen molar-refractivity contribution in [1.82, 2.24) is 4.90 Å². The van der Waals surface area contributed by atoms with Crippen molar-refractivity contribution in [2.45, 2.75) is 50.6 Å². The van der Waals surface area contributed by atoms with Gasteiger partial charge in [-0.15, -0.1) is 0 Å². The number of rotatable bonds is 4. The van der Waals surface area contributed by atoms with Gasteiger partial charge in [0.05, 0.1) is 10.0 Å². The normalized spacial score (nSPS) is 17.5. The van der Waals surface area contributed by atoms with Crippen molar-refractivity contribution in [3.05, 3.63) is 33.8 Å². The lowest BCUT2D eigenvalue weighted by molar-refractivity contribution is -0.132. The second-order valence-corrected chi connectivity index (χ2v) is 6.91. The van der Waals surface area contributed by atoms with Gasteiger partial charge in [0.2, 0.25) is 5.91 Å². The maximum atomic E-state index is 12.4. The maximum Gasteiger partial charge on any atom is 0.224 e. The van der Waals surface area contributed by atoms with Crippen LogP contribution in [-0.4, -0.2) is 23.4 Å². The molecule has 0 radical (unpaired) electrons. The summed E-state index contributed by atoms with van der Waals surface area (Å²) in [4.78, 5) is 14.1. The molecule has 0 atom stereocenters. The molecule has 5 heteroatoms. The van der Waals surface area contributed by atoms with E-state index in [0.29, 0.717) is 23.0 Å². The van der Waals surface area contributed by atoms with Crippen LogP contribution in [0.2, 0.25) is 10.0 Å². The van der Waals surface area contributed by atoms with E-state index < -0.39 is 0 Å². The zero-order valence-corrected chi connectivity index (χ0v) is 13.9. The van der Waals surface area contributed by atoms with Gasteiger partial charge in [-0.2, -0.15) is 0 Å². The highest BCUT2D eigenvalue weighted by atomic mass is 35.5. The molecule has 116 valence electrons. The van der Waals surface area contributed by atoms with Crippen molar-refractivity contribution in [3.8, 4) is 0 Å². The van der Waals surface area contributed by atoms with Crippen LogP contribution in [0, 0.1) is 0 Å². The van der Waals surface area contributed by atoms with Crippen molar-refractivity contribution >= 4 is 29.1 Å². The number of carbonyl (C=O) groups is 1. The SMILES string of the molecule is CN(Cc1ccc(Cl)c(Cl)c1)C(=O)CC1(N)CCCCC1. The molecule has 1 fully saturated rings. The monoisotopic (exact) mass is 328 g/mol. The first-order chi connectivity index (χ1) is 9.89. The molecule has 0 spiro atoms. The lowest BCUT2D eigenvalue weighted by Crippen LogP contribution is -2.46. The number of nitrogens with zero attached hydrogens (tertiary/aromatic N) is 1. The van der Waals surface area contributed by atoms with E-state index in [1.54, 1.807) is 24.1 Å². The molecule has 2 rings (SSSR count). The summed E-state index contributed by atoms with van der Waals surface area (Å²) in [5.74, 6) is 0.0884. The Morgan fingerprint density at radius 3 is 2.52 bits per heavy atom. The highest BCUT2D eigenvalue weighted by Gasteiger charge is 2.31. The maximum absolute atomic E-state index is 12.4. The van der Waals surface area contributed by atoms with Crippen LogP contribution in [0.25, 0.3) is 0 Å². The van der Waals surface area contributed by atoms with Gasteiger partial charge in [0, 0.05) is 25.6 Å². The van der Waals surface area contributed by atoms with E-state index in [4.69, 9.17) is 28.9 Å². The summed E-state index contributed by atoms with van der Waals surface area (Å²) in [6.45, 7) is 0.520.